The van der Waals surface area contributed by atoms with Gasteiger partial charge in [0, 0.05) is 19.0 Å². The highest BCUT2D eigenvalue weighted by molar-refractivity contribution is 5.33. The van der Waals surface area contributed by atoms with E-state index < -0.39 is 0 Å². The first-order chi connectivity index (χ1) is 14.9. The highest BCUT2D eigenvalue weighted by Gasteiger charge is 2.13. The molecule has 2 heteroatoms. The molecule has 1 N–H and O–H groups in total. The van der Waals surface area contributed by atoms with Gasteiger partial charge < -0.3 is 10.1 Å². The van der Waals surface area contributed by atoms with Gasteiger partial charge in [-0.05, 0) is 34.4 Å². The average molecular weight is 394 g/mol. The van der Waals surface area contributed by atoms with Gasteiger partial charge in [-0.1, -0.05) is 103 Å². The summed E-state index contributed by atoms with van der Waals surface area (Å²) in [5, 5.41) is 3.64. The number of benzene rings is 4. The molecule has 0 fully saturated rings. The molecule has 0 unspecified atom stereocenters. The van der Waals surface area contributed by atoms with Crippen molar-refractivity contribution < 1.29 is 4.74 Å². The third-order valence-corrected chi connectivity index (χ3v) is 5.25. The SMILES string of the molecule is c1ccc(OCc2ccc(CNCC(c3ccccc3)c3ccccc3)cc2)cc1. The van der Waals surface area contributed by atoms with Crippen LogP contribution in [0.25, 0.3) is 0 Å². The zero-order valence-electron chi connectivity index (χ0n) is 17.1. The van der Waals surface area contributed by atoms with Crippen LogP contribution in [0.3, 0.4) is 0 Å². The van der Waals surface area contributed by atoms with Crippen LogP contribution in [0.15, 0.2) is 115 Å². The van der Waals surface area contributed by atoms with E-state index in [1.54, 1.807) is 0 Å². The standard InChI is InChI=1S/C28H27NO/c1-4-10-25(11-5-1)28(26-12-6-2-7-13-26)21-29-20-23-16-18-24(19-17-23)22-30-27-14-8-3-9-15-27/h1-19,28-29H,20-22H2. The van der Waals surface area contributed by atoms with Gasteiger partial charge in [0.25, 0.3) is 0 Å². The van der Waals surface area contributed by atoms with Gasteiger partial charge in [-0.15, -0.1) is 0 Å². The molecular weight excluding hydrogens is 366 g/mol. The van der Waals surface area contributed by atoms with Crippen molar-refractivity contribution in [2.24, 2.45) is 0 Å². The summed E-state index contributed by atoms with van der Waals surface area (Å²) < 4.78 is 5.83. The molecule has 0 amide bonds. The lowest BCUT2D eigenvalue weighted by Gasteiger charge is -2.19. The second kappa shape index (κ2) is 10.4. The van der Waals surface area contributed by atoms with Crippen molar-refractivity contribution in [3.8, 4) is 5.75 Å². The monoisotopic (exact) mass is 393 g/mol. The second-order valence-electron chi connectivity index (χ2n) is 7.42. The molecule has 0 saturated heterocycles. The number of ether oxygens (including phenoxy) is 1. The lowest BCUT2D eigenvalue weighted by atomic mass is 9.91. The van der Waals surface area contributed by atoms with Crippen LogP contribution >= 0.6 is 0 Å². The van der Waals surface area contributed by atoms with E-state index in [1.807, 2.05) is 30.3 Å². The summed E-state index contributed by atoms with van der Waals surface area (Å²) in [6.45, 7) is 2.32. The first-order valence-electron chi connectivity index (χ1n) is 10.4. The van der Waals surface area contributed by atoms with E-state index >= 15 is 0 Å². The zero-order valence-corrected chi connectivity index (χ0v) is 17.1. The molecule has 0 aliphatic carbocycles. The molecule has 0 aliphatic heterocycles. The van der Waals surface area contributed by atoms with Gasteiger partial charge in [0.05, 0.1) is 0 Å². The van der Waals surface area contributed by atoms with Crippen molar-refractivity contribution >= 4 is 0 Å². The van der Waals surface area contributed by atoms with Gasteiger partial charge in [-0.3, -0.25) is 0 Å². The summed E-state index contributed by atoms with van der Waals surface area (Å²) in [6.07, 6.45) is 0. The lowest BCUT2D eigenvalue weighted by Crippen LogP contribution is -2.22. The number of hydrogen-bond acceptors (Lipinski definition) is 2. The van der Waals surface area contributed by atoms with E-state index in [2.05, 4.69) is 90.2 Å². The van der Waals surface area contributed by atoms with Crippen LogP contribution in [-0.4, -0.2) is 6.54 Å². The van der Waals surface area contributed by atoms with Gasteiger partial charge in [0.15, 0.2) is 0 Å². The maximum atomic E-state index is 5.83. The summed E-state index contributed by atoms with van der Waals surface area (Å²) in [5.41, 5.74) is 5.13. The quantitative estimate of drug-likeness (QED) is 0.366. The Balaban J connectivity index is 1.33. The van der Waals surface area contributed by atoms with Crippen molar-refractivity contribution in [1.29, 1.82) is 0 Å². The molecule has 150 valence electrons. The summed E-state index contributed by atoms with van der Waals surface area (Å²) in [7, 11) is 0. The van der Waals surface area contributed by atoms with Crippen molar-refractivity contribution in [3.63, 3.8) is 0 Å². The number of rotatable bonds is 9. The van der Waals surface area contributed by atoms with Gasteiger partial charge in [0.2, 0.25) is 0 Å². The Morgan fingerprint density at radius 2 is 1.07 bits per heavy atom. The van der Waals surface area contributed by atoms with Gasteiger partial charge in [-0.25, -0.2) is 0 Å². The van der Waals surface area contributed by atoms with Crippen molar-refractivity contribution in [2.45, 2.75) is 19.1 Å². The van der Waals surface area contributed by atoms with Gasteiger partial charge >= 0.3 is 0 Å². The minimum absolute atomic E-state index is 0.339. The van der Waals surface area contributed by atoms with Crippen molar-refractivity contribution in [3.05, 3.63) is 138 Å². The largest absolute Gasteiger partial charge is 0.489 e. The van der Waals surface area contributed by atoms with Crippen LogP contribution in [-0.2, 0) is 13.2 Å². The fraction of sp³-hybridized carbons (Fsp3) is 0.143. The van der Waals surface area contributed by atoms with E-state index in [0.29, 0.717) is 12.5 Å². The molecule has 4 aromatic rings. The van der Waals surface area contributed by atoms with Crippen LogP contribution < -0.4 is 10.1 Å². The molecule has 0 atom stereocenters. The summed E-state index contributed by atoms with van der Waals surface area (Å²) in [5.74, 6) is 1.24. The normalized spacial score (nSPS) is 10.8. The fourth-order valence-electron chi connectivity index (χ4n) is 3.60. The molecule has 0 saturated carbocycles. The molecule has 30 heavy (non-hydrogen) atoms. The minimum Gasteiger partial charge on any atom is -0.489 e. The van der Waals surface area contributed by atoms with Crippen LogP contribution in [0, 0.1) is 0 Å². The molecule has 2 nitrogen and oxygen atoms in total. The molecule has 4 rings (SSSR count). The van der Waals surface area contributed by atoms with Crippen LogP contribution in [0.1, 0.15) is 28.2 Å². The highest BCUT2D eigenvalue weighted by atomic mass is 16.5. The zero-order chi connectivity index (χ0) is 20.4. The summed E-state index contributed by atoms with van der Waals surface area (Å²) in [4.78, 5) is 0. The van der Waals surface area contributed by atoms with E-state index in [1.165, 1.54) is 22.3 Å². The number of nitrogens with one attached hydrogen (secondary N) is 1. The maximum absolute atomic E-state index is 5.83. The molecule has 0 bridgehead atoms. The van der Waals surface area contributed by atoms with E-state index in [0.717, 1.165) is 18.8 Å². The van der Waals surface area contributed by atoms with Crippen LogP contribution in [0.4, 0.5) is 0 Å². The van der Waals surface area contributed by atoms with E-state index in [9.17, 15) is 0 Å². The smallest absolute Gasteiger partial charge is 0.119 e. The third-order valence-electron chi connectivity index (χ3n) is 5.25. The van der Waals surface area contributed by atoms with Gasteiger partial charge in [-0.2, -0.15) is 0 Å². The molecule has 0 heterocycles. The topological polar surface area (TPSA) is 21.3 Å². The number of hydrogen-bond donors (Lipinski definition) is 1. The molecule has 0 radical (unpaired) electrons. The summed E-state index contributed by atoms with van der Waals surface area (Å²) >= 11 is 0. The summed E-state index contributed by atoms with van der Waals surface area (Å²) in [6, 6.07) is 40.0. The van der Waals surface area contributed by atoms with Crippen molar-refractivity contribution in [1.82, 2.24) is 5.32 Å². The first-order valence-corrected chi connectivity index (χ1v) is 10.4. The van der Waals surface area contributed by atoms with Crippen LogP contribution in [0.5, 0.6) is 5.75 Å². The molecular formula is C28H27NO. The van der Waals surface area contributed by atoms with Crippen molar-refractivity contribution in [2.75, 3.05) is 6.54 Å². The Hall–Kier alpha value is -3.36. The predicted octanol–water partition coefficient (Wildman–Crippen LogP) is 6.19. The Bertz CT molecular complexity index is 959. The Morgan fingerprint density at radius 3 is 1.63 bits per heavy atom. The minimum atomic E-state index is 0.339. The second-order valence-corrected chi connectivity index (χ2v) is 7.42. The highest BCUT2D eigenvalue weighted by Crippen LogP contribution is 2.23. The number of para-hydroxylation sites is 1. The van der Waals surface area contributed by atoms with Crippen LogP contribution in [0.2, 0.25) is 0 Å². The predicted molar refractivity (Wildman–Crippen MR) is 124 cm³/mol. The Kier molecular flexibility index (Phi) is 6.93. The molecule has 0 aliphatic rings. The third kappa shape index (κ3) is 5.59. The maximum Gasteiger partial charge on any atom is 0.119 e. The Labute approximate surface area is 179 Å². The fourth-order valence-corrected chi connectivity index (χ4v) is 3.60. The first kappa shape index (κ1) is 19.9. The average Bonchev–Trinajstić information content (AvgIpc) is 2.83. The van der Waals surface area contributed by atoms with Gasteiger partial charge in [0.1, 0.15) is 12.4 Å². The van der Waals surface area contributed by atoms with E-state index in [4.69, 9.17) is 4.74 Å². The van der Waals surface area contributed by atoms with E-state index in [-0.39, 0.29) is 0 Å². The molecule has 0 spiro atoms. The lowest BCUT2D eigenvalue weighted by molar-refractivity contribution is 0.306. The Morgan fingerprint density at radius 1 is 0.567 bits per heavy atom. The molecule has 4 aromatic carbocycles. The molecule has 0 aromatic heterocycles.